The second-order valence-electron chi connectivity index (χ2n) is 6.26. The van der Waals surface area contributed by atoms with Gasteiger partial charge in [0.15, 0.2) is 0 Å². The minimum atomic E-state index is 0.105. The highest BCUT2D eigenvalue weighted by Gasteiger charge is 2.35. The van der Waals surface area contributed by atoms with Gasteiger partial charge < -0.3 is 9.42 Å². The standard InChI is InChI=1S/C16H21N3O2S/c1-11-13(12(2)21-18-11)10-14(20)19-7-4-16(3,5-8-19)15-17-6-9-22-15/h6,9H,4-5,7-8,10H2,1-3H3. The fraction of sp³-hybridized carbons (Fsp3) is 0.562. The Morgan fingerprint density at radius 3 is 2.68 bits per heavy atom. The van der Waals surface area contributed by atoms with Crippen LogP contribution in [0.15, 0.2) is 16.1 Å². The number of rotatable bonds is 3. The van der Waals surface area contributed by atoms with E-state index in [9.17, 15) is 4.79 Å². The predicted molar refractivity (Wildman–Crippen MR) is 85.0 cm³/mol. The maximum absolute atomic E-state index is 12.5. The Morgan fingerprint density at radius 1 is 1.41 bits per heavy atom. The number of hydrogen-bond donors (Lipinski definition) is 0. The Labute approximate surface area is 134 Å². The van der Waals surface area contributed by atoms with E-state index in [2.05, 4.69) is 17.1 Å². The largest absolute Gasteiger partial charge is 0.361 e. The molecule has 1 aliphatic rings. The minimum absolute atomic E-state index is 0.105. The zero-order valence-corrected chi connectivity index (χ0v) is 14.1. The van der Waals surface area contributed by atoms with Crippen molar-refractivity contribution in [2.24, 2.45) is 0 Å². The number of carbonyl (C=O) groups excluding carboxylic acids is 1. The molecule has 0 bridgehead atoms. The van der Waals surface area contributed by atoms with Crippen LogP contribution in [0.4, 0.5) is 0 Å². The third-order valence-electron chi connectivity index (χ3n) is 4.68. The Hall–Kier alpha value is -1.69. The number of aromatic nitrogens is 2. The Balaban J connectivity index is 1.63. The van der Waals surface area contributed by atoms with Gasteiger partial charge in [-0.05, 0) is 26.7 Å². The fourth-order valence-electron chi connectivity index (χ4n) is 3.00. The van der Waals surface area contributed by atoms with Crippen molar-refractivity contribution in [2.75, 3.05) is 13.1 Å². The van der Waals surface area contributed by atoms with E-state index in [0.717, 1.165) is 42.9 Å². The van der Waals surface area contributed by atoms with E-state index in [1.807, 2.05) is 30.3 Å². The van der Waals surface area contributed by atoms with Crippen LogP contribution in [-0.2, 0) is 16.6 Å². The van der Waals surface area contributed by atoms with E-state index in [1.54, 1.807) is 11.3 Å². The molecule has 0 unspecified atom stereocenters. The molecule has 6 heteroatoms. The van der Waals surface area contributed by atoms with E-state index in [0.29, 0.717) is 6.42 Å². The first-order valence-corrected chi connectivity index (χ1v) is 8.47. The predicted octanol–water partition coefficient (Wildman–Crippen LogP) is 2.87. The molecule has 0 aromatic carbocycles. The first-order valence-electron chi connectivity index (χ1n) is 7.59. The summed E-state index contributed by atoms with van der Waals surface area (Å²) in [5.74, 6) is 0.908. The maximum atomic E-state index is 12.5. The highest BCUT2D eigenvalue weighted by atomic mass is 32.1. The van der Waals surface area contributed by atoms with Gasteiger partial charge in [-0.3, -0.25) is 4.79 Å². The van der Waals surface area contributed by atoms with Gasteiger partial charge in [-0.15, -0.1) is 11.3 Å². The molecule has 0 atom stereocenters. The van der Waals surface area contributed by atoms with Crippen LogP contribution in [0, 0.1) is 13.8 Å². The Kier molecular flexibility index (Phi) is 4.04. The number of piperidine rings is 1. The van der Waals surface area contributed by atoms with Crippen molar-refractivity contribution in [2.45, 2.75) is 45.4 Å². The molecule has 0 aliphatic carbocycles. The summed E-state index contributed by atoms with van der Waals surface area (Å²) in [5, 5.41) is 7.13. The van der Waals surface area contributed by atoms with E-state index in [-0.39, 0.29) is 11.3 Å². The van der Waals surface area contributed by atoms with Crippen molar-refractivity contribution < 1.29 is 9.32 Å². The molecule has 0 spiro atoms. The minimum Gasteiger partial charge on any atom is -0.361 e. The zero-order chi connectivity index (χ0) is 15.7. The van der Waals surface area contributed by atoms with E-state index in [1.165, 1.54) is 5.01 Å². The molecule has 0 saturated carbocycles. The SMILES string of the molecule is Cc1noc(C)c1CC(=O)N1CCC(C)(c2nccs2)CC1. The van der Waals surface area contributed by atoms with Gasteiger partial charge >= 0.3 is 0 Å². The molecule has 5 nitrogen and oxygen atoms in total. The van der Waals surface area contributed by atoms with Gasteiger partial charge in [0.05, 0.1) is 17.1 Å². The van der Waals surface area contributed by atoms with Crippen LogP contribution in [0.1, 0.15) is 41.8 Å². The van der Waals surface area contributed by atoms with E-state index < -0.39 is 0 Å². The first-order chi connectivity index (χ1) is 10.5. The van der Waals surface area contributed by atoms with Gasteiger partial charge in [0, 0.05) is 35.6 Å². The van der Waals surface area contributed by atoms with Gasteiger partial charge in [-0.1, -0.05) is 12.1 Å². The Morgan fingerprint density at radius 2 is 2.14 bits per heavy atom. The Bertz CT molecular complexity index is 635. The number of hydrogen-bond acceptors (Lipinski definition) is 5. The summed E-state index contributed by atoms with van der Waals surface area (Å²) in [6.45, 7) is 7.58. The number of nitrogens with zero attached hydrogens (tertiary/aromatic N) is 3. The van der Waals surface area contributed by atoms with Crippen LogP contribution < -0.4 is 0 Å². The average Bonchev–Trinajstić information content (AvgIpc) is 3.14. The lowest BCUT2D eigenvalue weighted by Gasteiger charge is -2.38. The summed E-state index contributed by atoms with van der Waals surface area (Å²) >= 11 is 1.71. The van der Waals surface area contributed by atoms with Crippen LogP contribution in [0.2, 0.25) is 0 Å². The normalized spacial score (nSPS) is 17.7. The van der Waals surface area contributed by atoms with E-state index >= 15 is 0 Å². The second kappa shape index (κ2) is 5.83. The van der Waals surface area contributed by atoms with Crippen LogP contribution in [-0.4, -0.2) is 34.0 Å². The molecule has 1 saturated heterocycles. The molecule has 2 aromatic rings. The topological polar surface area (TPSA) is 59.2 Å². The smallest absolute Gasteiger partial charge is 0.227 e. The summed E-state index contributed by atoms with van der Waals surface area (Å²) < 4.78 is 5.14. The van der Waals surface area contributed by atoms with E-state index in [4.69, 9.17) is 4.52 Å². The van der Waals surface area contributed by atoms with Crippen LogP contribution in [0.25, 0.3) is 0 Å². The monoisotopic (exact) mass is 319 g/mol. The van der Waals surface area contributed by atoms with Crippen molar-refractivity contribution in [3.8, 4) is 0 Å². The fourth-order valence-corrected chi connectivity index (χ4v) is 3.86. The highest BCUT2D eigenvalue weighted by Crippen LogP contribution is 2.36. The number of aryl methyl sites for hydroxylation is 2. The summed E-state index contributed by atoms with van der Waals surface area (Å²) in [4.78, 5) is 18.9. The quantitative estimate of drug-likeness (QED) is 0.873. The molecule has 0 radical (unpaired) electrons. The maximum Gasteiger partial charge on any atom is 0.227 e. The van der Waals surface area contributed by atoms with Crippen LogP contribution >= 0.6 is 11.3 Å². The molecule has 1 amide bonds. The summed E-state index contributed by atoms with van der Waals surface area (Å²) in [6.07, 6.45) is 4.18. The third kappa shape index (κ3) is 2.79. The molecule has 3 heterocycles. The van der Waals surface area contributed by atoms with Crippen molar-refractivity contribution in [3.63, 3.8) is 0 Å². The lowest BCUT2D eigenvalue weighted by atomic mass is 9.81. The molecular formula is C16H21N3O2S. The van der Waals surface area contributed by atoms with Gasteiger partial charge in [-0.2, -0.15) is 0 Å². The molecule has 22 heavy (non-hydrogen) atoms. The summed E-state index contributed by atoms with van der Waals surface area (Å²) in [7, 11) is 0. The molecule has 1 aliphatic heterocycles. The molecule has 2 aromatic heterocycles. The molecule has 118 valence electrons. The van der Waals surface area contributed by atoms with Gasteiger partial charge in [0.25, 0.3) is 0 Å². The number of likely N-dealkylation sites (tertiary alicyclic amines) is 1. The average molecular weight is 319 g/mol. The highest BCUT2D eigenvalue weighted by molar-refractivity contribution is 7.09. The van der Waals surface area contributed by atoms with Gasteiger partial charge in [0.2, 0.25) is 5.91 Å². The number of thiazole rings is 1. The summed E-state index contributed by atoms with van der Waals surface area (Å²) in [5.41, 5.74) is 1.85. The second-order valence-corrected chi connectivity index (χ2v) is 7.15. The van der Waals surface area contributed by atoms with Crippen molar-refractivity contribution in [1.82, 2.24) is 15.0 Å². The molecule has 0 N–H and O–H groups in total. The lowest BCUT2D eigenvalue weighted by Crippen LogP contribution is -2.44. The van der Waals surface area contributed by atoms with Gasteiger partial charge in [-0.25, -0.2) is 4.98 Å². The molecule has 1 fully saturated rings. The summed E-state index contributed by atoms with van der Waals surface area (Å²) in [6, 6.07) is 0. The van der Waals surface area contributed by atoms with Crippen molar-refractivity contribution >= 4 is 17.2 Å². The van der Waals surface area contributed by atoms with Crippen LogP contribution in [0.3, 0.4) is 0 Å². The van der Waals surface area contributed by atoms with Crippen LogP contribution in [0.5, 0.6) is 0 Å². The van der Waals surface area contributed by atoms with Crippen molar-refractivity contribution in [1.29, 1.82) is 0 Å². The third-order valence-corrected chi connectivity index (χ3v) is 5.76. The number of carbonyl (C=O) groups is 1. The number of amides is 1. The van der Waals surface area contributed by atoms with Crippen molar-refractivity contribution in [3.05, 3.63) is 33.6 Å². The molecular weight excluding hydrogens is 298 g/mol. The molecule has 3 rings (SSSR count). The van der Waals surface area contributed by atoms with Gasteiger partial charge in [0.1, 0.15) is 5.76 Å². The zero-order valence-electron chi connectivity index (χ0n) is 13.3. The first kappa shape index (κ1) is 15.2. The lowest BCUT2D eigenvalue weighted by molar-refractivity contribution is -0.132.